The Kier molecular flexibility index (Phi) is 4.50. The first-order valence-corrected chi connectivity index (χ1v) is 4.98. The average Bonchev–Trinajstić information content (AvgIpc) is 2.70. The molecule has 0 radical (unpaired) electrons. The number of hydrogen-bond donors (Lipinski definition) is 0. The highest BCUT2D eigenvalue weighted by molar-refractivity contribution is 5.69. The van der Waals surface area contributed by atoms with E-state index in [4.69, 9.17) is 14.2 Å². The Hall–Kier alpha value is -0.650. The van der Waals surface area contributed by atoms with Crippen LogP contribution in [0.3, 0.4) is 0 Å². The summed E-state index contributed by atoms with van der Waals surface area (Å²) in [5, 5.41) is 0. The van der Waals surface area contributed by atoms with Crippen molar-refractivity contribution in [2.24, 2.45) is 0 Å². The van der Waals surface area contributed by atoms with Crippen LogP contribution < -0.4 is 0 Å². The molecule has 1 rings (SSSR count). The van der Waals surface area contributed by atoms with Crippen molar-refractivity contribution in [3.05, 3.63) is 0 Å². The fourth-order valence-corrected chi connectivity index (χ4v) is 1.69. The molecule has 0 N–H and O–H groups in total. The standard InChI is InChI=1S/C10H18O5/c1-12-8(11)4-6-10(14-3)7-5-9(13-2)15-10/h9H,4-7H2,1-3H3/t9-,10-/m0/s1. The molecular weight excluding hydrogens is 200 g/mol. The van der Waals surface area contributed by atoms with Gasteiger partial charge < -0.3 is 18.9 Å². The molecular formula is C10H18O5. The van der Waals surface area contributed by atoms with Gasteiger partial charge in [-0.1, -0.05) is 0 Å². The van der Waals surface area contributed by atoms with Gasteiger partial charge in [0.2, 0.25) is 0 Å². The molecule has 0 aliphatic carbocycles. The van der Waals surface area contributed by atoms with Crippen molar-refractivity contribution >= 4 is 5.97 Å². The Balaban J connectivity index is 2.44. The molecule has 0 aromatic rings. The second-order valence-electron chi connectivity index (χ2n) is 3.51. The second-order valence-corrected chi connectivity index (χ2v) is 3.51. The summed E-state index contributed by atoms with van der Waals surface area (Å²) in [5.41, 5.74) is 0. The third-order valence-corrected chi connectivity index (χ3v) is 2.68. The zero-order valence-electron chi connectivity index (χ0n) is 9.45. The van der Waals surface area contributed by atoms with Gasteiger partial charge in [0.15, 0.2) is 12.1 Å². The van der Waals surface area contributed by atoms with Gasteiger partial charge in [0, 0.05) is 33.5 Å². The fourth-order valence-electron chi connectivity index (χ4n) is 1.69. The number of carbonyl (C=O) groups is 1. The number of esters is 1. The summed E-state index contributed by atoms with van der Waals surface area (Å²) < 4.78 is 20.6. The third-order valence-electron chi connectivity index (χ3n) is 2.68. The SMILES string of the molecule is COC(=O)CC[C@@]1(OC)CC[C@@H](OC)O1. The molecule has 88 valence electrons. The van der Waals surface area contributed by atoms with Crippen LogP contribution in [0.15, 0.2) is 0 Å². The van der Waals surface area contributed by atoms with Crippen LogP contribution in [0.4, 0.5) is 0 Å². The van der Waals surface area contributed by atoms with E-state index in [1.165, 1.54) is 7.11 Å². The van der Waals surface area contributed by atoms with Gasteiger partial charge in [0.1, 0.15) is 0 Å². The Morgan fingerprint density at radius 3 is 2.67 bits per heavy atom. The number of hydrogen-bond acceptors (Lipinski definition) is 5. The molecule has 1 heterocycles. The predicted molar refractivity (Wildman–Crippen MR) is 52.1 cm³/mol. The largest absolute Gasteiger partial charge is 0.469 e. The Morgan fingerprint density at radius 2 is 2.20 bits per heavy atom. The lowest BCUT2D eigenvalue weighted by Crippen LogP contribution is -2.32. The second kappa shape index (κ2) is 5.44. The molecule has 1 fully saturated rings. The lowest BCUT2D eigenvalue weighted by atomic mass is 10.1. The molecule has 1 aliphatic heterocycles. The van der Waals surface area contributed by atoms with Crippen LogP contribution in [0.25, 0.3) is 0 Å². The van der Waals surface area contributed by atoms with Crippen LogP contribution in [0.5, 0.6) is 0 Å². The monoisotopic (exact) mass is 218 g/mol. The maximum atomic E-state index is 11.0. The van der Waals surface area contributed by atoms with Gasteiger partial charge in [0.25, 0.3) is 0 Å². The van der Waals surface area contributed by atoms with Crippen LogP contribution in [-0.2, 0) is 23.7 Å². The van der Waals surface area contributed by atoms with Crippen molar-refractivity contribution in [2.75, 3.05) is 21.3 Å². The first-order chi connectivity index (χ1) is 7.15. The third kappa shape index (κ3) is 3.15. The van der Waals surface area contributed by atoms with Crippen molar-refractivity contribution < 1.29 is 23.7 Å². The highest BCUT2D eigenvalue weighted by Gasteiger charge is 2.40. The molecule has 2 atom stereocenters. The molecule has 5 nitrogen and oxygen atoms in total. The normalized spacial score (nSPS) is 30.5. The minimum absolute atomic E-state index is 0.234. The van der Waals surface area contributed by atoms with E-state index in [0.717, 1.165) is 12.8 Å². The van der Waals surface area contributed by atoms with Gasteiger partial charge in [-0.2, -0.15) is 0 Å². The summed E-state index contributed by atoms with van der Waals surface area (Å²) in [5.74, 6) is -0.939. The van der Waals surface area contributed by atoms with E-state index in [2.05, 4.69) is 4.74 Å². The fraction of sp³-hybridized carbons (Fsp3) is 0.900. The molecule has 0 bridgehead atoms. The van der Waals surface area contributed by atoms with Gasteiger partial charge >= 0.3 is 5.97 Å². The Bertz CT molecular complexity index is 218. The topological polar surface area (TPSA) is 54.0 Å². The summed E-state index contributed by atoms with van der Waals surface area (Å²) in [4.78, 5) is 11.0. The van der Waals surface area contributed by atoms with E-state index < -0.39 is 5.79 Å². The molecule has 5 heteroatoms. The predicted octanol–water partition coefficient (Wildman–Crippen LogP) is 1.07. The summed E-state index contributed by atoms with van der Waals surface area (Å²) in [6, 6.07) is 0. The molecule has 1 saturated heterocycles. The highest BCUT2D eigenvalue weighted by Crippen LogP contribution is 2.35. The minimum atomic E-state index is -0.686. The summed E-state index contributed by atoms with van der Waals surface area (Å²) in [7, 11) is 4.54. The first kappa shape index (κ1) is 12.4. The molecule has 15 heavy (non-hydrogen) atoms. The quantitative estimate of drug-likeness (QED) is 0.646. The van der Waals surface area contributed by atoms with Crippen molar-refractivity contribution in [3.8, 4) is 0 Å². The minimum Gasteiger partial charge on any atom is -0.469 e. The molecule has 0 aromatic carbocycles. The van der Waals surface area contributed by atoms with Gasteiger partial charge in [-0.05, 0) is 0 Å². The molecule has 0 amide bonds. The summed E-state index contributed by atoms with van der Waals surface area (Å²) in [6.45, 7) is 0. The van der Waals surface area contributed by atoms with Gasteiger partial charge in [-0.15, -0.1) is 0 Å². The zero-order valence-corrected chi connectivity index (χ0v) is 9.45. The summed E-state index contributed by atoms with van der Waals surface area (Å²) in [6.07, 6.45) is 2.07. The highest BCUT2D eigenvalue weighted by atomic mass is 16.8. The van der Waals surface area contributed by atoms with E-state index >= 15 is 0 Å². The van der Waals surface area contributed by atoms with Crippen LogP contribution >= 0.6 is 0 Å². The van der Waals surface area contributed by atoms with Crippen molar-refractivity contribution in [3.63, 3.8) is 0 Å². The smallest absolute Gasteiger partial charge is 0.305 e. The summed E-state index contributed by atoms with van der Waals surface area (Å²) >= 11 is 0. The van der Waals surface area contributed by atoms with Crippen molar-refractivity contribution in [1.82, 2.24) is 0 Å². The van der Waals surface area contributed by atoms with Gasteiger partial charge in [0.05, 0.1) is 13.5 Å². The lowest BCUT2D eigenvalue weighted by molar-refractivity contribution is -0.259. The molecule has 0 aromatic heterocycles. The molecule has 0 unspecified atom stereocenters. The number of rotatable bonds is 5. The van der Waals surface area contributed by atoms with Crippen LogP contribution in [-0.4, -0.2) is 39.4 Å². The van der Waals surface area contributed by atoms with E-state index in [0.29, 0.717) is 12.8 Å². The van der Waals surface area contributed by atoms with E-state index in [9.17, 15) is 4.79 Å². The molecule has 1 aliphatic rings. The van der Waals surface area contributed by atoms with Gasteiger partial charge in [-0.3, -0.25) is 4.79 Å². The number of ether oxygens (including phenoxy) is 4. The number of carbonyl (C=O) groups excluding carboxylic acids is 1. The maximum absolute atomic E-state index is 11.0. The first-order valence-electron chi connectivity index (χ1n) is 4.98. The number of methoxy groups -OCH3 is 3. The lowest BCUT2D eigenvalue weighted by Gasteiger charge is -2.26. The van der Waals surface area contributed by atoms with E-state index in [1.807, 2.05) is 0 Å². The zero-order chi connectivity index (χ0) is 11.3. The maximum Gasteiger partial charge on any atom is 0.305 e. The molecule has 0 spiro atoms. The van der Waals surface area contributed by atoms with Crippen molar-refractivity contribution in [2.45, 2.75) is 37.8 Å². The van der Waals surface area contributed by atoms with Gasteiger partial charge in [-0.25, -0.2) is 0 Å². The van der Waals surface area contributed by atoms with Crippen molar-refractivity contribution in [1.29, 1.82) is 0 Å². The average molecular weight is 218 g/mol. The Morgan fingerprint density at radius 1 is 1.47 bits per heavy atom. The van der Waals surface area contributed by atoms with E-state index in [-0.39, 0.29) is 12.3 Å². The Labute approximate surface area is 89.6 Å². The van der Waals surface area contributed by atoms with Crippen LogP contribution in [0.2, 0.25) is 0 Å². The van der Waals surface area contributed by atoms with Crippen LogP contribution in [0, 0.1) is 0 Å². The van der Waals surface area contributed by atoms with Crippen LogP contribution in [0.1, 0.15) is 25.7 Å². The van der Waals surface area contributed by atoms with E-state index in [1.54, 1.807) is 14.2 Å². The molecule has 0 saturated carbocycles.